The molecule has 2 aromatic heterocycles. The molecule has 1 amide bonds. The van der Waals surface area contributed by atoms with Crippen LogP contribution in [-0.4, -0.2) is 38.8 Å². The van der Waals surface area contributed by atoms with Crippen LogP contribution in [0.1, 0.15) is 39.1 Å². The molecule has 0 unspecified atom stereocenters. The predicted molar refractivity (Wildman–Crippen MR) is 95.0 cm³/mol. The molecule has 6 nitrogen and oxygen atoms in total. The van der Waals surface area contributed by atoms with Crippen LogP contribution in [0.25, 0.3) is 5.65 Å². The van der Waals surface area contributed by atoms with Crippen LogP contribution in [0, 0.1) is 6.92 Å². The number of hydrogen-bond acceptors (Lipinski definition) is 4. The fraction of sp³-hybridized carbons (Fsp3) is 0.500. The molecule has 0 fully saturated rings. The molecule has 0 aliphatic carbocycles. The zero-order valence-corrected chi connectivity index (χ0v) is 15.1. The molecular formula is C18H26N4O2. The summed E-state index contributed by atoms with van der Waals surface area (Å²) in [5.41, 5.74) is 1.81. The Kier molecular flexibility index (Phi) is 5.39. The monoisotopic (exact) mass is 330 g/mol. The molecular weight excluding hydrogens is 304 g/mol. The number of aromatic nitrogens is 2. The van der Waals surface area contributed by atoms with E-state index >= 15 is 0 Å². The minimum absolute atomic E-state index is 0.0299. The van der Waals surface area contributed by atoms with Crippen LogP contribution in [0.3, 0.4) is 0 Å². The number of pyridine rings is 1. The highest BCUT2D eigenvalue weighted by Gasteiger charge is 2.17. The molecule has 0 aliphatic rings. The number of carbonyl (C=O) groups excluding carboxylic acids is 1. The molecule has 0 radical (unpaired) electrons. The number of hydrogen-bond donors (Lipinski definition) is 1. The molecule has 0 spiro atoms. The van der Waals surface area contributed by atoms with Gasteiger partial charge in [-0.15, -0.1) is 0 Å². The summed E-state index contributed by atoms with van der Waals surface area (Å²) in [5.74, 6) is -0.0299. The average Bonchev–Trinajstić information content (AvgIpc) is 2.44. The summed E-state index contributed by atoms with van der Waals surface area (Å²) in [7, 11) is 0. The quantitative estimate of drug-likeness (QED) is 0.907. The first kappa shape index (κ1) is 18.1. The van der Waals surface area contributed by atoms with Crippen molar-refractivity contribution >= 4 is 11.6 Å². The van der Waals surface area contributed by atoms with Crippen molar-refractivity contribution in [3.63, 3.8) is 0 Å². The Morgan fingerprint density at radius 2 is 2.04 bits per heavy atom. The molecule has 2 heterocycles. The van der Waals surface area contributed by atoms with Gasteiger partial charge in [0.25, 0.3) is 5.56 Å². The van der Waals surface area contributed by atoms with Gasteiger partial charge in [-0.25, -0.2) is 4.98 Å². The van der Waals surface area contributed by atoms with E-state index in [2.05, 4.69) is 10.3 Å². The molecule has 1 N–H and O–H groups in total. The molecule has 0 bridgehead atoms. The summed E-state index contributed by atoms with van der Waals surface area (Å²) in [4.78, 5) is 31.0. The first-order valence-corrected chi connectivity index (χ1v) is 8.21. The van der Waals surface area contributed by atoms with Crippen molar-refractivity contribution in [2.75, 3.05) is 13.1 Å². The predicted octanol–water partition coefficient (Wildman–Crippen LogP) is 1.74. The number of fused-ring (bicyclic) bond motifs is 1. The molecule has 0 atom stereocenters. The lowest BCUT2D eigenvalue weighted by atomic mass is 10.1. The number of aryl methyl sites for hydroxylation is 1. The van der Waals surface area contributed by atoms with E-state index < -0.39 is 0 Å². The highest BCUT2D eigenvalue weighted by atomic mass is 16.2. The first-order chi connectivity index (χ1) is 11.2. The van der Waals surface area contributed by atoms with Gasteiger partial charge in [0.05, 0.1) is 12.2 Å². The SMILES string of the molecule is CCN(CC(=O)NC(C)(C)C)Cc1cc(=O)n2c(C)cccc2n1. The Bertz CT molecular complexity index is 790. The van der Waals surface area contributed by atoms with E-state index in [4.69, 9.17) is 0 Å². The van der Waals surface area contributed by atoms with Crippen molar-refractivity contribution in [2.45, 2.75) is 46.7 Å². The Hall–Kier alpha value is -2.21. The van der Waals surface area contributed by atoms with E-state index in [9.17, 15) is 9.59 Å². The van der Waals surface area contributed by atoms with Gasteiger partial charge in [-0.2, -0.15) is 0 Å². The summed E-state index contributed by atoms with van der Waals surface area (Å²) < 4.78 is 1.59. The van der Waals surface area contributed by atoms with Gasteiger partial charge in [-0.05, 0) is 46.4 Å². The molecule has 24 heavy (non-hydrogen) atoms. The van der Waals surface area contributed by atoms with E-state index in [1.54, 1.807) is 10.5 Å². The van der Waals surface area contributed by atoms with Gasteiger partial charge in [0.15, 0.2) is 0 Å². The number of likely N-dealkylation sites (N-methyl/N-ethyl adjacent to an activating group) is 1. The van der Waals surface area contributed by atoms with E-state index in [0.29, 0.717) is 24.4 Å². The summed E-state index contributed by atoms with van der Waals surface area (Å²) >= 11 is 0. The second-order valence-electron chi connectivity index (χ2n) is 7.05. The molecule has 0 aliphatic heterocycles. The molecule has 0 saturated heterocycles. The number of nitrogens with zero attached hydrogens (tertiary/aromatic N) is 3. The minimum Gasteiger partial charge on any atom is -0.350 e. The van der Waals surface area contributed by atoms with Crippen molar-refractivity contribution in [1.29, 1.82) is 0 Å². The third-order valence-corrected chi connectivity index (χ3v) is 3.65. The fourth-order valence-electron chi connectivity index (χ4n) is 2.61. The van der Waals surface area contributed by atoms with Gasteiger partial charge < -0.3 is 5.32 Å². The lowest BCUT2D eigenvalue weighted by Gasteiger charge is -2.24. The highest BCUT2D eigenvalue weighted by Crippen LogP contribution is 2.06. The smallest absolute Gasteiger partial charge is 0.258 e. The third kappa shape index (κ3) is 4.64. The topological polar surface area (TPSA) is 66.7 Å². The van der Waals surface area contributed by atoms with E-state index in [0.717, 1.165) is 5.69 Å². The van der Waals surface area contributed by atoms with E-state index in [1.807, 2.05) is 57.7 Å². The minimum atomic E-state index is -0.256. The van der Waals surface area contributed by atoms with Gasteiger partial charge in [0, 0.05) is 23.8 Å². The number of carbonyl (C=O) groups is 1. The normalized spacial score (nSPS) is 11.9. The molecule has 2 aromatic rings. The van der Waals surface area contributed by atoms with Crippen molar-refractivity contribution in [1.82, 2.24) is 19.6 Å². The van der Waals surface area contributed by atoms with E-state index in [1.165, 1.54) is 0 Å². The maximum absolute atomic E-state index is 12.3. The number of amides is 1. The zero-order valence-electron chi connectivity index (χ0n) is 15.1. The Labute approximate surface area is 142 Å². The largest absolute Gasteiger partial charge is 0.350 e. The first-order valence-electron chi connectivity index (χ1n) is 8.21. The Morgan fingerprint density at radius 3 is 2.67 bits per heavy atom. The van der Waals surface area contributed by atoms with Gasteiger partial charge in [-0.3, -0.25) is 18.9 Å². The van der Waals surface area contributed by atoms with Crippen LogP contribution in [0.5, 0.6) is 0 Å². The summed E-state index contributed by atoms with van der Waals surface area (Å²) in [6.45, 7) is 11.2. The fourth-order valence-corrected chi connectivity index (χ4v) is 2.61. The molecule has 0 saturated carbocycles. The van der Waals surface area contributed by atoms with Crippen LogP contribution in [0.4, 0.5) is 0 Å². The van der Waals surface area contributed by atoms with Crippen molar-refractivity contribution in [2.24, 2.45) is 0 Å². The Morgan fingerprint density at radius 1 is 1.33 bits per heavy atom. The van der Waals surface area contributed by atoms with Gasteiger partial charge in [0.2, 0.25) is 5.91 Å². The zero-order chi connectivity index (χ0) is 17.9. The molecule has 2 rings (SSSR count). The lowest BCUT2D eigenvalue weighted by Crippen LogP contribution is -2.45. The molecule has 130 valence electrons. The lowest BCUT2D eigenvalue weighted by molar-refractivity contribution is -0.123. The average molecular weight is 330 g/mol. The van der Waals surface area contributed by atoms with Crippen LogP contribution in [0.2, 0.25) is 0 Å². The third-order valence-electron chi connectivity index (χ3n) is 3.65. The van der Waals surface area contributed by atoms with Crippen molar-refractivity contribution in [3.8, 4) is 0 Å². The van der Waals surface area contributed by atoms with Crippen LogP contribution in [-0.2, 0) is 11.3 Å². The number of rotatable bonds is 5. The highest BCUT2D eigenvalue weighted by molar-refractivity contribution is 5.78. The van der Waals surface area contributed by atoms with E-state index in [-0.39, 0.29) is 23.6 Å². The summed E-state index contributed by atoms with van der Waals surface area (Å²) in [6.07, 6.45) is 0. The van der Waals surface area contributed by atoms with Crippen LogP contribution in [0.15, 0.2) is 29.1 Å². The maximum Gasteiger partial charge on any atom is 0.258 e. The van der Waals surface area contributed by atoms with Gasteiger partial charge in [-0.1, -0.05) is 13.0 Å². The second-order valence-corrected chi connectivity index (χ2v) is 7.05. The Balaban J connectivity index is 2.18. The van der Waals surface area contributed by atoms with Crippen molar-refractivity contribution in [3.05, 3.63) is 46.0 Å². The maximum atomic E-state index is 12.3. The summed E-state index contributed by atoms with van der Waals surface area (Å²) in [5, 5.41) is 2.95. The molecule has 0 aromatic carbocycles. The van der Waals surface area contributed by atoms with Crippen LogP contribution >= 0.6 is 0 Å². The molecule has 6 heteroatoms. The second kappa shape index (κ2) is 7.13. The van der Waals surface area contributed by atoms with Crippen molar-refractivity contribution < 1.29 is 4.79 Å². The van der Waals surface area contributed by atoms with Gasteiger partial charge >= 0.3 is 0 Å². The van der Waals surface area contributed by atoms with Crippen LogP contribution < -0.4 is 10.9 Å². The summed E-state index contributed by atoms with van der Waals surface area (Å²) in [6, 6.07) is 7.13. The standard InChI is InChI=1S/C18H26N4O2/c1-6-21(12-16(23)20-18(3,4)5)11-14-10-17(24)22-13(2)8-7-9-15(22)19-14/h7-10H,6,11-12H2,1-5H3,(H,20,23). The van der Waals surface area contributed by atoms with Gasteiger partial charge in [0.1, 0.15) is 5.65 Å². The number of nitrogens with one attached hydrogen (secondary N) is 1.